The summed E-state index contributed by atoms with van der Waals surface area (Å²) in [4.78, 5) is 49.3. The van der Waals surface area contributed by atoms with E-state index < -0.39 is 32.5 Å². The van der Waals surface area contributed by atoms with E-state index in [2.05, 4.69) is 56.4 Å². The van der Waals surface area contributed by atoms with Crippen LogP contribution in [0.15, 0.2) is 60.8 Å². The first-order chi connectivity index (χ1) is 27.4. The number of allylic oxidation sites excluding steroid dienone is 10. The SMILES string of the molecule is CCCCC/C=C\C/C=C\C/C=C\CCCCCCC(=O)OC[C@H](COP(=O)([O-])OCC[N+](C)(C)C)OC(=O)CCCCCCC/C=C\C=C\C(=O)CCCCC. The molecule has 0 heterocycles. The molecular weight excluding hydrogens is 741 g/mol. The molecule has 0 aromatic heterocycles. The van der Waals surface area contributed by atoms with Gasteiger partial charge in [0.25, 0.3) is 7.82 Å². The van der Waals surface area contributed by atoms with Crippen molar-refractivity contribution in [2.45, 2.75) is 168 Å². The summed E-state index contributed by atoms with van der Waals surface area (Å²) >= 11 is 0. The van der Waals surface area contributed by atoms with Crippen LogP contribution >= 0.6 is 7.82 Å². The van der Waals surface area contributed by atoms with Crippen LogP contribution in [0.2, 0.25) is 0 Å². The lowest BCUT2D eigenvalue weighted by Crippen LogP contribution is -2.37. The van der Waals surface area contributed by atoms with Crippen LogP contribution in [0.1, 0.15) is 162 Å². The Balaban J connectivity index is 4.48. The number of phosphoric ester groups is 1. The zero-order chi connectivity index (χ0) is 42.3. The van der Waals surface area contributed by atoms with Crippen LogP contribution in [-0.4, -0.2) is 75.8 Å². The maximum Gasteiger partial charge on any atom is 0.306 e. The number of phosphoric acid groups is 1. The van der Waals surface area contributed by atoms with Crippen LogP contribution in [0, 0.1) is 0 Å². The summed E-state index contributed by atoms with van der Waals surface area (Å²) in [5.41, 5.74) is 0. The zero-order valence-electron chi connectivity index (χ0n) is 36.5. The smallest absolute Gasteiger partial charge is 0.306 e. The zero-order valence-corrected chi connectivity index (χ0v) is 37.4. The number of ether oxygens (including phenoxy) is 2. The quantitative estimate of drug-likeness (QED) is 0.0113. The van der Waals surface area contributed by atoms with Crippen molar-refractivity contribution >= 4 is 25.5 Å². The second-order valence-corrected chi connectivity index (χ2v) is 17.1. The van der Waals surface area contributed by atoms with Crippen LogP contribution in [-0.2, 0) is 37.5 Å². The van der Waals surface area contributed by atoms with Crippen LogP contribution in [0.4, 0.5) is 0 Å². The lowest BCUT2D eigenvalue weighted by molar-refractivity contribution is -0.870. The van der Waals surface area contributed by atoms with Crippen LogP contribution in [0.5, 0.6) is 0 Å². The average Bonchev–Trinajstić information content (AvgIpc) is 3.15. The van der Waals surface area contributed by atoms with Gasteiger partial charge in [-0.15, -0.1) is 0 Å². The van der Waals surface area contributed by atoms with Crippen LogP contribution in [0.25, 0.3) is 0 Å². The first-order valence-electron chi connectivity index (χ1n) is 21.9. The summed E-state index contributed by atoms with van der Waals surface area (Å²) in [5, 5.41) is 0. The molecule has 11 heteroatoms. The third kappa shape index (κ3) is 41.3. The molecule has 0 spiro atoms. The van der Waals surface area contributed by atoms with Gasteiger partial charge >= 0.3 is 11.9 Å². The van der Waals surface area contributed by atoms with Gasteiger partial charge in [0.05, 0.1) is 27.7 Å². The summed E-state index contributed by atoms with van der Waals surface area (Å²) in [5.74, 6) is -0.755. The van der Waals surface area contributed by atoms with Gasteiger partial charge in [-0.05, 0) is 76.7 Å². The Bertz CT molecular complexity index is 1220. The number of carbonyl (C=O) groups excluding carboxylic acids is 3. The van der Waals surface area contributed by atoms with Crippen molar-refractivity contribution in [1.29, 1.82) is 0 Å². The largest absolute Gasteiger partial charge is 0.756 e. The maximum absolute atomic E-state index is 12.7. The Morgan fingerprint density at radius 3 is 1.72 bits per heavy atom. The number of esters is 2. The van der Waals surface area contributed by atoms with Crippen LogP contribution < -0.4 is 4.89 Å². The van der Waals surface area contributed by atoms with Crippen molar-refractivity contribution in [3.8, 4) is 0 Å². The van der Waals surface area contributed by atoms with Crippen molar-refractivity contribution < 1.29 is 46.8 Å². The minimum absolute atomic E-state index is 0.0533. The van der Waals surface area contributed by atoms with E-state index in [1.807, 2.05) is 33.3 Å². The van der Waals surface area contributed by atoms with E-state index in [1.54, 1.807) is 6.08 Å². The molecule has 0 fully saturated rings. The Hall–Kier alpha value is -2.62. The van der Waals surface area contributed by atoms with E-state index in [4.69, 9.17) is 18.5 Å². The molecule has 2 atom stereocenters. The summed E-state index contributed by atoms with van der Waals surface area (Å²) in [6.45, 7) is 3.94. The topological polar surface area (TPSA) is 128 Å². The number of carbonyl (C=O) groups is 3. The van der Waals surface area contributed by atoms with E-state index in [0.29, 0.717) is 30.3 Å². The van der Waals surface area contributed by atoms with E-state index in [1.165, 1.54) is 25.7 Å². The highest BCUT2D eigenvalue weighted by atomic mass is 31.2. The van der Waals surface area contributed by atoms with Gasteiger partial charge < -0.3 is 27.9 Å². The van der Waals surface area contributed by atoms with Gasteiger partial charge in [-0.2, -0.15) is 0 Å². The summed E-state index contributed by atoms with van der Waals surface area (Å²) in [6, 6.07) is 0. The molecular formula is C46H80NO9P. The minimum Gasteiger partial charge on any atom is -0.756 e. The number of ketones is 1. The second kappa shape index (κ2) is 37.6. The summed E-state index contributed by atoms with van der Waals surface area (Å²) in [7, 11) is 1.09. The van der Waals surface area contributed by atoms with Gasteiger partial charge in [0.15, 0.2) is 11.9 Å². The molecule has 0 aliphatic heterocycles. The summed E-state index contributed by atoms with van der Waals surface area (Å²) < 4.78 is 33.8. The standard InChI is InChI=1S/C46H80NO9P/c1-6-8-10-11-12-13-14-15-16-17-18-19-20-23-26-29-33-37-45(49)53-41-44(42-55-57(51,52)54-40-39-47(3,4)5)56-46(50)38-34-30-27-24-21-22-25-28-32-36-43(48)35-31-9-7-2/h12-13,15-16,18-19,25,28,32,36,44H,6-11,14,17,20-24,26-27,29-31,33-35,37-42H2,1-5H3/b13-12-,16-15-,19-18-,28-25-,36-32+/t44-/m1/s1. The Morgan fingerprint density at radius 2 is 1.11 bits per heavy atom. The third-order valence-corrected chi connectivity index (χ3v) is 9.95. The third-order valence-electron chi connectivity index (χ3n) is 8.99. The fourth-order valence-corrected chi connectivity index (χ4v) is 6.19. The normalized spacial score (nSPS) is 14.1. The lowest BCUT2D eigenvalue weighted by atomic mass is 10.1. The van der Waals surface area contributed by atoms with Crippen LogP contribution in [0.3, 0.4) is 0 Å². The Labute approximate surface area is 347 Å². The van der Waals surface area contributed by atoms with Crippen molar-refractivity contribution in [1.82, 2.24) is 0 Å². The molecule has 328 valence electrons. The first kappa shape index (κ1) is 54.4. The second-order valence-electron chi connectivity index (χ2n) is 15.7. The van der Waals surface area contributed by atoms with Crippen molar-refractivity contribution in [2.24, 2.45) is 0 Å². The Morgan fingerprint density at radius 1 is 0.596 bits per heavy atom. The molecule has 0 saturated heterocycles. The van der Waals surface area contributed by atoms with E-state index in [9.17, 15) is 23.8 Å². The molecule has 0 aromatic rings. The molecule has 57 heavy (non-hydrogen) atoms. The summed E-state index contributed by atoms with van der Waals surface area (Å²) in [6.07, 6.45) is 40.8. The molecule has 0 aliphatic rings. The monoisotopic (exact) mass is 822 g/mol. The van der Waals surface area contributed by atoms with Gasteiger partial charge in [0.1, 0.15) is 19.8 Å². The van der Waals surface area contributed by atoms with Gasteiger partial charge in [-0.1, -0.05) is 126 Å². The number of likely N-dealkylation sites (N-methyl/N-ethyl adjacent to an activating group) is 1. The number of quaternary nitrogens is 1. The van der Waals surface area contributed by atoms with E-state index in [0.717, 1.165) is 89.9 Å². The first-order valence-corrected chi connectivity index (χ1v) is 23.4. The highest BCUT2D eigenvalue weighted by molar-refractivity contribution is 7.45. The number of rotatable bonds is 39. The van der Waals surface area contributed by atoms with E-state index in [-0.39, 0.29) is 31.8 Å². The molecule has 0 N–H and O–H groups in total. The van der Waals surface area contributed by atoms with Gasteiger partial charge in [0.2, 0.25) is 0 Å². The van der Waals surface area contributed by atoms with Gasteiger partial charge in [-0.25, -0.2) is 0 Å². The molecule has 0 aromatic carbocycles. The molecule has 0 amide bonds. The van der Waals surface area contributed by atoms with Crippen molar-refractivity contribution in [3.05, 3.63) is 60.8 Å². The predicted molar refractivity (Wildman–Crippen MR) is 231 cm³/mol. The molecule has 1 unspecified atom stereocenters. The molecule has 0 rings (SSSR count). The number of hydrogen-bond acceptors (Lipinski definition) is 9. The number of hydrogen-bond donors (Lipinski definition) is 0. The molecule has 10 nitrogen and oxygen atoms in total. The van der Waals surface area contributed by atoms with Gasteiger partial charge in [-0.3, -0.25) is 18.9 Å². The number of nitrogens with zero attached hydrogens (tertiary/aromatic N) is 1. The molecule has 0 aliphatic carbocycles. The van der Waals surface area contributed by atoms with Crippen molar-refractivity contribution in [2.75, 3.05) is 47.5 Å². The van der Waals surface area contributed by atoms with E-state index >= 15 is 0 Å². The highest BCUT2D eigenvalue weighted by Gasteiger charge is 2.21. The minimum atomic E-state index is -4.65. The fourth-order valence-electron chi connectivity index (χ4n) is 5.46. The fraction of sp³-hybridized carbons (Fsp3) is 0.717. The van der Waals surface area contributed by atoms with Gasteiger partial charge in [0, 0.05) is 19.3 Å². The maximum atomic E-state index is 12.7. The predicted octanol–water partition coefficient (Wildman–Crippen LogP) is 11.0. The lowest BCUT2D eigenvalue weighted by Gasteiger charge is -2.28. The average molecular weight is 822 g/mol. The Kier molecular flexibility index (Phi) is 35.9. The number of unbranched alkanes of at least 4 members (excludes halogenated alkanes) is 14. The highest BCUT2D eigenvalue weighted by Crippen LogP contribution is 2.38. The van der Waals surface area contributed by atoms with Crippen molar-refractivity contribution in [3.63, 3.8) is 0 Å². The molecule has 0 saturated carbocycles. The molecule has 0 bridgehead atoms. The molecule has 0 radical (unpaired) electrons.